The molecule has 2 heterocycles. The van der Waals surface area contributed by atoms with Gasteiger partial charge in [-0.05, 0) is 36.4 Å². The van der Waals surface area contributed by atoms with E-state index in [1.54, 1.807) is 35.4 Å². The summed E-state index contributed by atoms with van der Waals surface area (Å²) in [7, 11) is 1.45. The van der Waals surface area contributed by atoms with Crippen LogP contribution >= 0.6 is 11.6 Å². The highest BCUT2D eigenvalue weighted by Crippen LogP contribution is 2.40. The number of rotatable bonds is 4. The number of furan rings is 1. The number of phenolic OH excluding ortho intramolecular Hbond substituents is 1. The summed E-state index contributed by atoms with van der Waals surface area (Å²) in [5, 5.41) is 13.6. The molecule has 0 radical (unpaired) electrons. The van der Waals surface area contributed by atoms with E-state index in [0.29, 0.717) is 16.9 Å². The summed E-state index contributed by atoms with van der Waals surface area (Å²) >= 11 is 6.16. The zero-order valence-electron chi connectivity index (χ0n) is 14.5. The van der Waals surface area contributed by atoms with E-state index in [1.807, 2.05) is 24.3 Å². The third-order valence-corrected chi connectivity index (χ3v) is 4.80. The first-order valence-corrected chi connectivity index (χ1v) is 8.71. The number of anilines is 1. The van der Waals surface area contributed by atoms with Crippen molar-refractivity contribution < 1.29 is 19.1 Å². The first-order chi connectivity index (χ1) is 13.1. The number of carbonyl (C=O) groups is 1. The summed E-state index contributed by atoms with van der Waals surface area (Å²) in [4.78, 5) is 14.8. The number of nitrogens with one attached hydrogen (secondary N) is 1. The number of para-hydroxylation sites is 1. The van der Waals surface area contributed by atoms with Gasteiger partial charge in [-0.3, -0.25) is 4.79 Å². The second-order valence-corrected chi connectivity index (χ2v) is 6.57. The highest BCUT2D eigenvalue weighted by atomic mass is 35.5. The smallest absolute Gasteiger partial charge is 0.258 e. The van der Waals surface area contributed by atoms with Crippen molar-refractivity contribution >= 4 is 23.2 Å². The van der Waals surface area contributed by atoms with Gasteiger partial charge in [0.2, 0.25) is 0 Å². The Hall–Kier alpha value is -3.12. The molecule has 0 saturated carbocycles. The van der Waals surface area contributed by atoms with E-state index in [2.05, 4.69) is 5.32 Å². The standard InChI is InChI=1S/C20H17ClN2O4/c1-26-17-10-12(9-15(21)18(17)24)19-22-16-7-3-2-6-14(16)20(25)23(19)11-13-5-4-8-27-13/h2-10,19,22,24H,11H2,1H3/t19-/m0/s1. The summed E-state index contributed by atoms with van der Waals surface area (Å²) in [6.45, 7) is 0.276. The molecule has 4 rings (SSSR count). The Bertz CT molecular complexity index is 988. The van der Waals surface area contributed by atoms with Gasteiger partial charge in [0.05, 0.1) is 30.5 Å². The fourth-order valence-corrected chi connectivity index (χ4v) is 3.42. The number of methoxy groups -OCH3 is 1. The summed E-state index contributed by atoms with van der Waals surface area (Å²) in [6, 6.07) is 14.2. The van der Waals surface area contributed by atoms with E-state index in [9.17, 15) is 9.90 Å². The summed E-state index contributed by atoms with van der Waals surface area (Å²) < 4.78 is 10.6. The molecule has 2 aromatic carbocycles. The van der Waals surface area contributed by atoms with Crippen molar-refractivity contribution in [3.05, 3.63) is 76.7 Å². The minimum atomic E-state index is -0.510. The number of aromatic hydroxyl groups is 1. The van der Waals surface area contributed by atoms with Gasteiger partial charge in [-0.1, -0.05) is 23.7 Å². The fourth-order valence-electron chi connectivity index (χ4n) is 3.20. The topological polar surface area (TPSA) is 74.9 Å². The Kier molecular flexibility index (Phi) is 4.41. The van der Waals surface area contributed by atoms with Crippen LogP contribution in [0, 0.1) is 0 Å². The Morgan fingerprint density at radius 2 is 2.07 bits per heavy atom. The lowest BCUT2D eigenvalue weighted by Gasteiger charge is -2.38. The van der Waals surface area contributed by atoms with Crippen LogP contribution in [0.25, 0.3) is 0 Å². The molecule has 1 atom stereocenters. The molecule has 138 valence electrons. The molecular weight excluding hydrogens is 368 g/mol. The van der Waals surface area contributed by atoms with Crippen LogP contribution in [0.1, 0.15) is 27.8 Å². The quantitative estimate of drug-likeness (QED) is 0.696. The molecule has 6 nitrogen and oxygen atoms in total. The number of benzene rings is 2. The molecule has 1 aliphatic heterocycles. The van der Waals surface area contributed by atoms with Crippen molar-refractivity contribution in [1.82, 2.24) is 4.90 Å². The zero-order valence-corrected chi connectivity index (χ0v) is 15.2. The van der Waals surface area contributed by atoms with Gasteiger partial charge in [0, 0.05) is 11.3 Å². The molecule has 1 amide bonds. The number of halogens is 1. The molecule has 1 aliphatic rings. The first kappa shape index (κ1) is 17.3. The maximum Gasteiger partial charge on any atom is 0.258 e. The van der Waals surface area contributed by atoms with Crippen LogP contribution in [-0.2, 0) is 6.54 Å². The Morgan fingerprint density at radius 3 is 2.81 bits per heavy atom. The van der Waals surface area contributed by atoms with Crippen LogP contribution in [0.3, 0.4) is 0 Å². The van der Waals surface area contributed by atoms with Crippen LogP contribution in [0.2, 0.25) is 5.02 Å². The lowest BCUT2D eigenvalue weighted by atomic mass is 10.0. The summed E-state index contributed by atoms with van der Waals surface area (Å²) in [5.74, 6) is 0.631. The Labute approximate surface area is 160 Å². The molecule has 0 bridgehead atoms. The van der Waals surface area contributed by atoms with Crippen molar-refractivity contribution in [3.8, 4) is 11.5 Å². The lowest BCUT2D eigenvalue weighted by molar-refractivity contribution is 0.0651. The third-order valence-electron chi connectivity index (χ3n) is 4.51. The molecule has 27 heavy (non-hydrogen) atoms. The molecular formula is C20H17ClN2O4. The third kappa shape index (κ3) is 3.08. The second-order valence-electron chi connectivity index (χ2n) is 6.16. The van der Waals surface area contributed by atoms with Crippen molar-refractivity contribution in [2.24, 2.45) is 0 Å². The van der Waals surface area contributed by atoms with Crippen LogP contribution in [-0.4, -0.2) is 23.0 Å². The Morgan fingerprint density at radius 1 is 1.26 bits per heavy atom. The van der Waals surface area contributed by atoms with Gasteiger partial charge < -0.3 is 24.5 Å². The SMILES string of the molecule is COc1cc([C@H]2Nc3ccccc3C(=O)N2Cc2ccco2)cc(Cl)c1O. The number of fused-ring (bicyclic) bond motifs is 1. The Balaban J connectivity index is 1.81. The number of hydrogen-bond acceptors (Lipinski definition) is 5. The monoisotopic (exact) mass is 384 g/mol. The number of amides is 1. The van der Waals surface area contributed by atoms with Crippen molar-refractivity contribution in [1.29, 1.82) is 0 Å². The highest BCUT2D eigenvalue weighted by Gasteiger charge is 2.34. The zero-order chi connectivity index (χ0) is 19.0. The number of ether oxygens (including phenoxy) is 1. The molecule has 7 heteroatoms. The predicted octanol–water partition coefficient (Wildman–Crippen LogP) is 4.41. The summed E-state index contributed by atoms with van der Waals surface area (Å²) in [6.07, 6.45) is 1.06. The van der Waals surface area contributed by atoms with Crippen molar-refractivity contribution in [2.45, 2.75) is 12.7 Å². The second kappa shape index (κ2) is 6.89. The van der Waals surface area contributed by atoms with E-state index in [0.717, 1.165) is 5.69 Å². The van der Waals surface area contributed by atoms with Gasteiger partial charge in [-0.15, -0.1) is 0 Å². The molecule has 0 saturated heterocycles. The minimum Gasteiger partial charge on any atom is -0.503 e. The average Bonchev–Trinajstić information content (AvgIpc) is 3.19. The molecule has 0 spiro atoms. The van der Waals surface area contributed by atoms with E-state index in [4.69, 9.17) is 20.8 Å². The number of hydrogen-bond donors (Lipinski definition) is 2. The molecule has 3 aromatic rings. The lowest BCUT2D eigenvalue weighted by Crippen LogP contribution is -2.42. The molecule has 0 aliphatic carbocycles. The van der Waals surface area contributed by atoms with Crippen molar-refractivity contribution in [2.75, 3.05) is 12.4 Å². The minimum absolute atomic E-state index is 0.131. The van der Waals surface area contributed by atoms with E-state index in [1.165, 1.54) is 7.11 Å². The molecule has 2 N–H and O–H groups in total. The van der Waals surface area contributed by atoms with E-state index in [-0.39, 0.29) is 29.0 Å². The van der Waals surface area contributed by atoms with Crippen LogP contribution in [0.5, 0.6) is 11.5 Å². The molecule has 0 fully saturated rings. The van der Waals surface area contributed by atoms with Gasteiger partial charge in [-0.2, -0.15) is 0 Å². The van der Waals surface area contributed by atoms with Gasteiger partial charge in [0.25, 0.3) is 5.91 Å². The maximum absolute atomic E-state index is 13.2. The largest absolute Gasteiger partial charge is 0.503 e. The van der Waals surface area contributed by atoms with E-state index >= 15 is 0 Å². The summed E-state index contributed by atoms with van der Waals surface area (Å²) in [5.41, 5.74) is 1.99. The normalized spacial score (nSPS) is 16.0. The predicted molar refractivity (Wildman–Crippen MR) is 101 cm³/mol. The highest BCUT2D eigenvalue weighted by molar-refractivity contribution is 6.32. The van der Waals surface area contributed by atoms with Gasteiger partial charge in [-0.25, -0.2) is 0 Å². The van der Waals surface area contributed by atoms with Gasteiger partial charge in [0.15, 0.2) is 11.5 Å². The fraction of sp³-hybridized carbons (Fsp3) is 0.150. The first-order valence-electron chi connectivity index (χ1n) is 8.34. The van der Waals surface area contributed by atoms with Crippen LogP contribution < -0.4 is 10.1 Å². The average molecular weight is 385 g/mol. The van der Waals surface area contributed by atoms with Crippen LogP contribution in [0.4, 0.5) is 5.69 Å². The number of carbonyl (C=O) groups excluding carboxylic acids is 1. The number of nitrogens with zero attached hydrogens (tertiary/aromatic N) is 1. The van der Waals surface area contributed by atoms with Gasteiger partial charge >= 0.3 is 0 Å². The maximum atomic E-state index is 13.2. The van der Waals surface area contributed by atoms with Crippen molar-refractivity contribution in [3.63, 3.8) is 0 Å². The van der Waals surface area contributed by atoms with Gasteiger partial charge in [0.1, 0.15) is 11.9 Å². The van der Waals surface area contributed by atoms with E-state index < -0.39 is 6.17 Å². The molecule has 1 aromatic heterocycles. The molecule has 0 unspecified atom stereocenters. The van der Waals surface area contributed by atoms with Crippen LogP contribution in [0.15, 0.2) is 59.2 Å². The number of phenols is 1.